The summed E-state index contributed by atoms with van der Waals surface area (Å²) in [6, 6.07) is 4.10. The van der Waals surface area contributed by atoms with Gasteiger partial charge in [0.25, 0.3) is 0 Å². The summed E-state index contributed by atoms with van der Waals surface area (Å²) in [5.41, 5.74) is 3.18. The Kier molecular flexibility index (Phi) is 10.2. The van der Waals surface area contributed by atoms with Gasteiger partial charge in [0, 0.05) is 5.56 Å². The summed E-state index contributed by atoms with van der Waals surface area (Å²) in [4.78, 5) is 0. The molecule has 1 nitrogen and oxygen atoms in total. The van der Waals surface area contributed by atoms with Crippen LogP contribution in [0.1, 0.15) is 72.1 Å². The molecule has 1 aromatic rings. The molecule has 1 rings (SSSR count). The monoisotopic (exact) mass is 264 g/mol. The summed E-state index contributed by atoms with van der Waals surface area (Å²) < 4.78 is 0. The zero-order valence-corrected chi connectivity index (χ0v) is 14.1. The Morgan fingerprint density at radius 3 is 1.89 bits per heavy atom. The molecule has 0 saturated heterocycles. The SMILES string of the molecule is C=Cc1cc(C(C)(C)C)cc(CC)c1O.CC.CC. The minimum atomic E-state index is 0.107. The van der Waals surface area contributed by atoms with E-state index in [2.05, 4.69) is 33.4 Å². The normalized spacial score (nSPS) is 9.68. The van der Waals surface area contributed by atoms with E-state index in [9.17, 15) is 5.11 Å². The smallest absolute Gasteiger partial charge is 0.125 e. The molecule has 1 heteroatoms. The van der Waals surface area contributed by atoms with Crippen molar-refractivity contribution in [2.45, 2.75) is 67.2 Å². The Labute approximate surface area is 120 Å². The molecule has 0 amide bonds. The standard InChI is InChI=1S/C14H20O.2C2H6/c1-6-10-8-12(14(3,4)5)9-11(7-2)13(10)15;2*1-2/h6,8-9,15H,1,7H2,2-5H3;2*1-2H3. The van der Waals surface area contributed by atoms with Crippen LogP contribution >= 0.6 is 0 Å². The predicted octanol–water partition coefficient (Wildman–Crippen LogP) is 5.95. The summed E-state index contributed by atoms with van der Waals surface area (Å²) in [5, 5.41) is 9.91. The molecule has 0 spiro atoms. The molecule has 0 atom stereocenters. The molecule has 1 aromatic carbocycles. The fourth-order valence-electron chi connectivity index (χ4n) is 1.58. The first-order valence-electron chi connectivity index (χ1n) is 7.39. The molecule has 1 N–H and O–H groups in total. The average molecular weight is 264 g/mol. The molecule has 0 bridgehead atoms. The van der Waals surface area contributed by atoms with Crippen LogP contribution in [0.4, 0.5) is 0 Å². The molecule has 0 aliphatic rings. The van der Waals surface area contributed by atoms with Crippen molar-refractivity contribution in [1.29, 1.82) is 0 Å². The van der Waals surface area contributed by atoms with Crippen LogP contribution in [0.5, 0.6) is 5.75 Å². The number of hydrogen-bond donors (Lipinski definition) is 1. The summed E-state index contributed by atoms with van der Waals surface area (Å²) >= 11 is 0. The van der Waals surface area contributed by atoms with E-state index < -0.39 is 0 Å². The summed E-state index contributed by atoms with van der Waals surface area (Å²) in [6.07, 6.45) is 2.56. The Balaban J connectivity index is 0. The van der Waals surface area contributed by atoms with E-state index in [-0.39, 0.29) is 5.41 Å². The van der Waals surface area contributed by atoms with Crippen molar-refractivity contribution >= 4 is 6.08 Å². The van der Waals surface area contributed by atoms with Crippen LogP contribution in [0.25, 0.3) is 6.08 Å². The highest BCUT2D eigenvalue weighted by atomic mass is 16.3. The van der Waals surface area contributed by atoms with Gasteiger partial charge in [-0.1, -0.05) is 74.1 Å². The Morgan fingerprint density at radius 2 is 1.58 bits per heavy atom. The average Bonchev–Trinajstić information content (AvgIpc) is 2.42. The van der Waals surface area contributed by atoms with E-state index in [1.54, 1.807) is 6.08 Å². The Hall–Kier alpha value is -1.24. The number of aryl methyl sites for hydroxylation is 1. The van der Waals surface area contributed by atoms with Crippen LogP contribution in [-0.2, 0) is 11.8 Å². The van der Waals surface area contributed by atoms with Crippen molar-refractivity contribution < 1.29 is 5.11 Å². The topological polar surface area (TPSA) is 20.2 Å². The minimum absolute atomic E-state index is 0.107. The van der Waals surface area contributed by atoms with Gasteiger partial charge in [-0.05, 0) is 29.0 Å². The second kappa shape index (κ2) is 9.66. The maximum absolute atomic E-state index is 9.91. The van der Waals surface area contributed by atoms with Gasteiger partial charge >= 0.3 is 0 Å². The highest BCUT2D eigenvalue weighted by Crippen LogP contribution is 2.31. The van der Waals surface area contributed by atoms with E-state index in [0.29, 0.717) is 5.75 Å². The van der Waals surface area contributed by atoms with Gasteiger partial charge < -0.3 is 5.11 Å². The Bertz CT molecular complexity index is 370. The number of phenols is 1. The first kappa shape index (κ1) is 20.1. The van der Waals surface area contributed by atoms with Crippen molar-refractivity contribution in [1.82, 2.24) is 0 Å². The lowest BCUT2D eigenvalue weighted by Gasteiger charge is -2.21. The number of benzene rings is 1. The third-order valence-electron chi connectivity index (χ3n) is 2.69. The largest absolute Gasteiger partial charge is 0.507 e. The molecule has 0 aliphatic carbocycles. The molecule has 0 radical (unpaired) electrons. The second-order valence-electron chi connectivity index (χ2n) is 4.88. The lowest BCUT2D eigenvalue weighted by atomic mass is 9.84. The highest BCUT2D eigenvalue weighted by Gasteiger charge is 2.16. The van der Waals surface area contributed by atoms with Crippen LogP contribution in [-0.4, -0.2) is 5.11 Å². The van der Waals surface area contributed by atoms with E-state index in [0.717, 1.165) is 17.5 Å². The van der Waals surface area contributed by atoms with Crippen LogP contribution in [0, 0.1) is 0 Å². The molecular formula is C18H32O. The first-order chi connectivity index (χ1) is 8.90. The van der Waals surface area contributed by atoms with Crippen LogP contribution < -0.4 is 0 Å². The quantitative estimate of drug-likeness (QED) is 0.700. The lowest BCUT2D eigenvalue weighted by Crippen LogP contribution is -2.11. The fraction of sp³-hybridized carbons (Fsp3) is 0.556. The van der Waals surface area contributed by atoms with Gasteiger partial charge in [-0.25, -0.2) is 0 Å². The molecule has 0 unspecified atom stereocenters. The first-order valence-corrected chi connectivity index (χ1v) is 7.39. The molecule has 0 aliphatic heterocycles. The van der Waals surface area contributed by atoms with Crippen molar-refractivity contribution in [3.8, 4) is 5.75 Å². The van der Waals surface area contributed by atoms with Crippen molar-refractivity contribution in [3.63, 3.8) is 0 Å². The third-order valence-corrected chi connectivity index (χ3v) is 2.69. The van der Waals surface area contributed by atoms with Gasteiger partial charge in [-0.2, -0.15) is 0 Å². The summed E-state index contributed by atoms with van der Waals surface area (Å²) in [5.74, 6) is 0.375. The maximum atomic E-state index is 9.91. The highest BCUT2D eigenvalue weighted by molar-refractivity contribution is 5.60. The third kappa shape index (κ3) is 5.96. The molecule has 0 aromatic heterocycles. The van der Waals surface area contributed by atoms with E-state index in [1.807, 2.05) is 40.7 Å². The second-order valence-corrected chi connectivity index (χ2v) is 4.88. The maximum Gasteiger partial charge on any atom is 0.125 e. The summed E-state index contributed by atoms with van der Waals surface area (Å²) in [7, 11) is 0. The van der Waals surface area contributed by atoms with Crippen LogP contribution in [0.3, 0.4) is 0 Å². The molecule has 0 saturated carbocycles. The lowest BCUT2D eigenvalue weighted by molar-refractivity contribution is 0.466. The van der Waals surface area contributed by atoms with Gasteiger partial charge in [-0.15, -0.1) is 0 Å². The van der Waals surface area contributed by atoms with E-state index in [4.69, 9.17) is 0 Å². The summed E-state index contributed by atoms with van der Waals surface area (Å²) in [6.45, 7) is 20.3. The van der Waals surface area contributed by atoms with Crippen molar-refractivity contribution in [2.24, 2.45) is 0 Å². The van der Waals surface area contributed by atoms with Gasteiger partial charge in [0.15, 0.2) is 0 Å². The predicted molar refractivity (Wildman–Crippen MR) is 89.0 cm³/mol. The zero-order valence-electron chi connectivity index (χ0n) is 14.1. The fourth-order valence-corrected chi connectivity index (χ4v) is 1.58. The minimum Gasteiger partial charge on any atom is -0.507 e. The zero-order chi connectivity index (χ0) is 15.6. The number of aromatic hydroxyl groups is 1. The number of hydrogen-bond acceptors (Lipinski definition) is 1. The molecular weight excluding hydrogens is 232 g/mol. The van der Waals surface area contributed by atoms with Crippen molar-refractivity contribution in [3.05, 3.63) is 35.4 Å². The number of rotatable bonds is 2. The van der Waals surface area contributed by atoms with Gasteiger partial charge in [-0.3, -0.25) is 0 Å². The molecule has 19 heavy (non-hydrogen) atoms. The number of phenolic OH excluding ortho intramolecular Hbond substituents is 1. The van der Waals surface area contributed by atoms with Gasteiger partial charge in [0.2, 0.25) is 0 Å². The molecule has 110 valence electrons. The van der Waals surface area contributed by atoms with Crippen molar-refractivity contribution in [2.75, 3.05) is 0 Å². The molecule has 0 heterocycles. The van der Waals surface area contributed by atoms with Gasteiger partial charge in [0.05, 0.1) is 0 Å². The van der Waals surface area contributed by atoms with E-state index >= 15 is 0 Å². The Morgan fingerprint density at radius 1 is 1.11 bits per heavy atom. The van der Waals surface area contributed by atoms with Gasteiger partial charge in [0.1, 0.15) is 5.75 Å². The molecule has 0 fully saturated rings. The van der Waals surface area contributed by atoms with Crippen LogP contribution in [0.2, 0.25) is 0 Å². The van der Waals surface area contributed by atoms with Crippen LogP contribution in [0.15, 0.2) is 18.7 Å². The van der Waals surface area contributed by atoms with E-state index in [1.165, 1.54) is 5.56 Å².